The number of halogens is 1. The number of nitrogens with zero attached hydrogens (tertiary/aromatic N) is 7. The van der Waals surface area contributed by atoms with E-state index in [1.54, 1.807) is 45.2 Å². The molecule has 4 rings (SSSR count). The lowest BCUT2D eigenvalue weighted by Crippen LogP contribution is -2.21. The monoisotopic (exact) mass is 400 g/mol. The highest BCUT2D eigenvalue weighted by molar-refractivity contribution is 7.08. The average Bonchev–Trinajstić information content (AvgIpc) is 3.43. The van der Waals surface area contributed by atoms with Crippen LogP contribution in [0.25, 0.3) is 5.69 Å². The van der Waals surface area contributed by atoms with Crippen molar-refractivity contribution in [1.82, 2.24) is 35.0 Å². The zero-order chi connectivity index (χ0) is 18.6. The normalized spacial score (nSPS) is 12.0. The fourth-order valence-corrected chi connectivity index (χ4v) is 3.54. The van der Waals surface area contributed by atoms with E-state index in [9.17, 15) is 4.79 Å². The molecule has 136 valence electrons. The number of aromatic nitrogens is 7. The molecule has 0 spiro atoms. The van der Waals surface area contributed by atoms with Gasteiger partial charge in [0.1, 0.15) is 19.0 Å². The molecule has 0 bridgehead atoms. The summed E-state index contributed by atoms with van der Waals surface area (Å²) in [4.78, 5) is 16.7. The number of carbonyl (C=O) groups is 1. The van der Waals surface area contributed by atoms with Crippen molar-refractivity contribution in [2.24, 2.45) is 0 Å². The number of amides is 1. The number of tetrazole rings is 1. The standard InChI is InChI=1S/C16H13ClN8OS/c17-12-1-2-14(24-9-18-8-20-24)13(5-12)21-16(26)6-15(11-3-4-27-7-11)25-10-19-22-23-25/h1-5,7-10,15H,6H2,(H,21,26)/t15-/m0/s1. The van der Waals surface area contributed by atoms with Crippen molar-refractivity contribution < 1.29 is 4.79 Å². The molecule has 1 amide bonds. The van der Waals surface area contributed by atoms with E-state index in [-0.39, 0.29) is 18.4 Å². The third-order valence-electron chi connectivity index (χ3n) is 3.89. The molecule has 0 unspecified atom stereocenters. The quantitative estimate of drug-likeness (QED) is 0.533. The molecule has 0 aliphatic rings. The van der Waals surface area contributed by atoms with Crippen LogP contribution in [0.3, 0.4) is 0 Å². The second-order valence-corrected chi connectivity index (χ2v) is 6.83. The molecule has 4 aromatic rings. The molecule has 0 saturated carbocycles. The average molecular weight is 401 g/mol. The van der Waals surface area contributed by atoms with E-state index >= 15 is 0 Å². The van der Waals surface area contributed by atoms with Gasteiger partial charge in [0.15, 0.2) is 0 Å². The second kappa shape index (κ2) is 7.64. The molecular formula is C16H13ClN8OS. The number of anilines is 1. The number of carbonyl (C=O) groups excluding carboxylic acids is 1. The van der Waals surface area contributed by atoms with Crippen LogP contribution in [-0.4, -0.2) is 40.9 Å². The Bertz CT molecular complexity index is 983. The van der Waals surface area contributed by atoms with Gasteiger partial charge in [-0.25, -0.2) is 14.3 Å². The first-order chi connectivity index (χ1) is 13.2. The van der Waals surface area contributed by atoms with Gasteiger partial charge in [-0.1, -0.05) is 11.6 Å². The zero-order valence-electron chi connectivity index (χ0n) is 13.8. The molecule has 1 atom stereocenters. The minimum absolute atomic E-state index is 0.158. The van der Waals surface area contributed by atoms with Crippen LogP contribution in [0.1, 0.15) is 18.0 Å². The number of hydrogen-bond donors (Lipinski definition) is 1. The van der Waals surface area contributed by atoms with Crippen LogP contribution < -0.4 is 5.32 Å². The van der Waals surface area contributed by atoms with Gasteiger partial charge in [-0.05, 0) is 51.0 Å². The molecule has 11 heteroatoms. The first kappa shape index (κ1) is 17.3. The maximum absolute atomic E-state index is 12.8. The van der Waals surface area contributed by atoms with Crippen LogP contribution in [0, 0.1) is 0 Å². The number of thiophene rings is 1. The summed E-state index contributed by atoms with van der Waals surface area (Å²) in [7, 11) is 0. The predicted molar refractivity (Wildman–Crippen MR) is 99.9 cm³/mol. The van der Waals surface area contributed by atoms with E-state index in [0.717, 1.165) is 5.56 Å². The number of hydrogen-bond acceptors (Lipinski definition) is 7. The van der Waals surface area contributed by atoms with Gasteiger partial charge in [-0.15, -0.1) is 5.10 Å². The molecule has 3 aromatic heterocycles. The molecule has 0 aliphatic carbocycles. The lowest BCUT2D eigenvalue weighted by Gasteiger charge is -2.16. The lowest BCUT2D eigenvalue weighted by atomic mass is 10.1. The maximum Gasteiger partial charge on any atom is 0.226 e. The molecule has 1 N–H and O–H groups in total. The van der Waals surface area contributed by atoms with Gasteiger partial charge in [-0.2, -0.15) is 16.4 Å². The Morgan fingerprint density at radius 2 is 2.22 bits per heavy atom. The highest BCUT2D eigenvalue weighted by Gasteiger charge is 2.21. The van der Waals surface area contributed by atoms with Crippen molar-refractivity contribution in [1.29, 1.82) is 0 Å². The Hall–Kier alpha value is -3.11. The van der Waals surface area contributed by atoms with E-state index in [4.69, 9.17) is 11.6 Å². The van der Waals surface area contributed by atoms with Crippen LogP contribution in [0.15, 0.2) is 54.0 Å². The van der Waals surface area contributed by atoms with Crippen LogP contribution in [0.2, 0.25) is 5.02 Å². The molecule has 0 fully saturated rings. The summed E-state index contributed by atoms with van der Waals surface area (Å²) in [6.07, 6.45) is 4.62. The van der Waals surface area contributed by atoms with Crippen molar-refractivity contribution in [3.63, 3.8) is 0 Å². The third-order valence-corrected chi connectivity index (χ3v) is 4.83. The van der Waals surface area contributed by atoms with E-state index in [1.807, 2.05) is 16.8 Å². The van der Waals surface area contributed by atoms with Crippen LogP contribution >= 0.6 is 22.9 Å². The Balaban J connectivity index is 1.58. The Labute approximate surface area is 162 Å². The topological polar surface area (TPSA) is 103 Å². The summed E-state index contributed by atoms with van der Waals surface area (Å²) >= 11 is 7.65. The summed E-state index contributed by atoms with van der Waals surface area (Å²) < 4.78 is 3.13. The predicted octanol–water partition coefficient (Wildman–Crippen LogP) is 2.59. The molecule has 9 nitrogen and oxygen atoms in total. The third kappa shape index (κ3) is 3.86. The lowest BCUT2D eigenvalue weighted by molar-refractivity contribution is -0.116. The van der Waals surface area contributed by atoms with Gasteiger partial charge in [0.05, 0.1) is 23.8 Å². The van der Waals surface area contributed by atoms with Gasteiger partial charge in [-0.3, -0.25) is 4.79 Å². The molecule has 27 heavy (non-hydrogen) atoms. The van der Waals surface area contributed by atoms with Crippen molar-refractivity contribution in [2.45, 2.75) is 12.5 Å². The first-order valence-corrected chi connectivity index (χ1v) is 9.22. The first-order valence-electron chi connectivity index (χ1n) is 7.89. The smallest absolute Gasteiger partial charge is 0.226 e. The SMILES string of the molecule is O=C(C[C@@H](c1ccsc1)n1cnnn1)Nc1cc(Cl)ccc1-n1cncn1. The van der Waals surface area contributed by atoms with Gasteiger partial charge < -0.3 is 5.32 Å². The number of nitrogens with one attached hydrogen (secondary N) is 1. The molecule has 3 heterocycles. The van der Waals surface area contributed by atoms with E-state index in [1.165, 1.54) is 12.7 Å². The minimum atomic E-state index is -0.305. The molecule has 0 saturated heterocycles. The van der Waals surface area contributed by atoms with E-state index in [0.29, 0.717) is 16.4 Å². The molecule has 0 radical (unpaired) electrons. The van der Waals surface area contributed by atoms with Gasteiger partial charge in [0, 0.05) is 5.02 Å². The fraction of sp³-hybridized carbons (Fsp3) is 0.125. The van der Waals surface area contributed by atoms with Crippen LogP contribution in [0.4, 0.5) is 5.69 Å². The van der Waals surface area contributed by atoms with Gasteiger partial charge >= 0.3 is 0 Å². The largest absolute Gasteiger partial charge is 0.324 e. The number of benzene rings is 1. The number of rotatable bonds is 6. The fourth-order valence-electron chi connectivity index (χ4n) is 2.66. The highest BCUT2D eigenvalue weighted by atomic mass is 35.5. The van der Waals surface area contributed by atoms with E-state index < -0.39 is 0 Å². The second-order valence-electron chi connectivity index (χ2n) is 5.62. The Morgan fingerprint density at radius 3 is 2.93 bits per heavy atom. The summed E-state index contributed by atoms with van der Waals surface area (Å²) in [6.45, 7) is 0. The van der Waals surface area contributed by atoms with Crippen LogP contribution in [-0.2, 0) is 4.79 Å². The van der Waals surface area contributed by atoms with E-state index in [2.05, 4.69) is 30.9 Å². The molecule has 1 aromatic carbocycles. The summed E-state index contributed by atoms with van der Waals surface area (Å²) in [6, 6.07) is 6.81. The van der Waals surface area contributed by atoms with Gasteiger partial charge in [0.25, 0.3) is 0 Å². The maximum atomic E-state index is 12.8. The van der Waals surface area contributed by atoms with Crippen LogP contribution in [0.5, 0.6) is 0 Å². The Kier molecular flexibility index (Phi) is 4.90. The highest BCUT2D eigenvalue weighted by Crippen LogP contribution is 2.27. The van der Waals surface area contributed by atoms with Crippen molar-refractivity contribution >= 4 is 34.5 Å². The summed E-state index contributed by atoms with van der Waals surface area (Å²) in [5.74, 6) is -0.203. The molecule has 0 aliphatic heterocycles. The van der Waals surface area contributed by atoms with Crippen molar-refractivity contribution in [3.05, 3.63) is 64.6 Å². The Morgan fingerprint density at radius 1 is 1.30 bits per heavy atom. The zero-order valence-corrected chi connectivity index (χ0v) is 15.4. The molecular weight excluding hydrogens is 388 g/mol. The van der Waals surface area contributed by atoms with Crippen molar-refractivity contribution in [3.8, 4) is 5.69 Å². The summed E-state index contributed by atoms with van der Waals surface area (Å²) in [5, 5.41) is 22.7. The van der Waals surface area contributed by atoms with Crippen molar-refractivity contribution in [2.75, 3.05) is 5.32 Å². The minimum Gasteiger partial charge on any atom is -0.324 e. The summed E-state index contributed by atoms with van der Waals surface area (Å²) in [5.41, 5.74) is 2.17. The van der Waals surface area contributed by atoms with Gasteiger partial charge in [0.2, 0.25) is 5.91 Å².